The summed E-state index contributed by atoms with van der Waals surface area (Å²) < 4.78 is 0. The smallest absolute Gasteiger partial charge is 0.0111 e. The minimum Gasteiger partial charge on any atom is -0.311 e. The highest BCUT2D eigenvalue weighted by Gasteiger charge is 2.30. The summed E-state index contributed by atoms with van der Waals surface area (Å²) >= 11 is 0. The van der Waals surface area contributed by atoms with Crippen LogP contribution in [0, 0.1) is 20.8 Å². The highest BCUT2D eigenvalue weighted by Crippen LogP contribution is 2.33. The molecule has 2 rings (SSSR count). The average Bonchev–Trinajstić information content (AvgIpc) is 2.51. The fourth-order valence-corrected chi connectivity index (χ4v) is 3.00. The van der Waals surface area contributed by atoms with E-state index in [-0.39, 0.29) is 0 Å². The first-order chi connectivity index (χ1) is 7.49. The number of aryl methyl sites for hydroxylation is 3. The van der Waals surface area contributed by atoms with Gasteiger partial charge in [0, 0.05) is 18.0 Å². The number of hydrogen-bond acceptors (Lipinski definition) is 1. The fourth-order valence-electron chi connectivity index (χ4n) is 3.00. The van der Waals surface area contributed by atoms with Crippen molar-refractivity contribution in [3.05, 3.63) is 34.4 Å². The molecule has 1 heterocycles. The van der Waals surface area contributed by atoms with Gasteiger partial charge >= 0.3 is 0 Å². The molecule has 1 aromatic carbocycles. The van der Waals surface area contributed by atoms with E-state index in [0.29, 0.717) is 18.0 Å². The summed E-state index contributed by atoms with van der Waals surface area (Å²) in [6, 6.07) is 5.99. The minimum atomic E-state index is 0.607. The molecule has 88 valence electrons. The molecule has 3 atom stereocenters. The Morgan fingerprint density at radius 2 is 1.62 bits per heavy atom. The lowest BCUT2D eigenvalue weighted by atomic mass is 9.86. The Morgan fingerprint density at radius 3 is 2.19 bits per heavy atom. The Hall–Kier alpha value is -0.820. The van der Waals surface area contributed by atoms with Crippen LogP contribution in [0.1, 0.15) is 48.4 Å². The molecule has 0 saturated carbocycles. The van der Waals surface area contributed by atoms with Gasteiger partial charge in [-0.25, -0.2) is 0 Å². The van der Waals surface area contributed by atoms with Crippen LogP contribution in [0.3, 0.4) is 0 Å². The Bertz CT molecular complexity index is 395. The number of rotatable bonds is 1. The highest BCUT2D eigenvalue weighted by molar-refractivity contribution is 5.39. The second kappa shape index (κ2) is 4.21. The lowest BCUT2D eigenvalue weighted by Gasteiger charge is -2.19. The van der Waals surface area contributed by atoms with Crippen molar-refractivity contribution in [2.24, 2.45) is 0 Å². The van der Waals surface area contributed by atoms with Gasteiger partial charge in [0.2, 0.25) is 0 Å². The fraction of sp³-hybridized carbons (Fsp3) is 0.600. The van der Waals surface area contributed by atoms with Gasteiger partial charge < -0.3 is 5.32 Å². The summed E-state index contributed by atoms with van der Waals surface area (Å²) in [5, 5.41) is 3.63. The van der Waals surface area contributed by atoms with Crippen LogP contribution in [0.15, 0.2) is 12.1 Å². The molecule has 0 bridgehead atoms. The maximum Gasteiger partial charge on any atom is 0.0111 e. The number of benzene rings is 1. The molecule has 1 heteroatoms. The van der Waals surface area contributed by atoms with Crippen molar-refractivity contribution in [3.8, 4) is 0 Å². The summed E-state index contributed by atoms with van der Waals surface area (Å²) in [7, 11) is 0. The van der Waals surface area contributed by atoms with Crippen LogP contribution in [0.2, 0.25) is 0 Å². The van der Waals surface area contributed by atoms with Gasteiger partial charge in [-0.2, -0.15) is 0 Å². The molecule has 0 radical (unpaired) electrons. The van der Waals surface area contributed by atoms with Crippen LogP contribution in [-0.2, 0) is 0 Å². The minimum absolute atomic E-state index is 0.607. The average molecular weight is 217 g/mol. The topological polar surface area (TPSA) is 12.0 Å². The molecule has 0 aromatic heterocycles. The van der Waals surface area contributed by atoms with E-state index in [1.165, 1.54) is 23.1 Å². The van der Waals surface area contributed by atoms with E-state index in [0.717, 1.165) is 0 Å². The second-order valence-electron chi connectivity index (χ2n) is 5.49. The summed E-state index contributed by atoms with van der Waals surface area (Å²) in [6.07, 6.45) is 1.27. The van der Waals surface area contributed by atoms with Crippen molar-refractivity contribution in [2.75, 3.05) is 0 Å². The summed E-state index contributed by atoms with van der Waals surface area (Å²) in [5.74, 6) is 0.689. The van der Waals surface area contributed by atoms with Gasteiger partial charge in [-0.05, 0) is 63.3 Å². The van der Waals surface area contributed by atoms with Crippen molar-refractivity contribution < 1.29 is 0 Å². The van der Waals surface area contributed by atoms with E-state index in [4.69, 9.17) is 0 Å². The first kappa shape index (κ1) is 11.7. The predicted octanol–water partition coefficient (Wildman–Crippen LogP) is 3.47. The van der Waals surface area contributed by atoms with Crippen molar-refractivity contribution in [1.29, 1.82) is 0 Å². The highest BCUT2D eigenvalue weighted by atomic mass is 15.0. The van der Waals surface area contributed by atoms with Crippen LogP contribution in [0.5, 0.6) is 0 Å². The monoisotopic (exact) mass is 217 g/mol. The third-order valence-corrected chi connectivity index (χ3v) is 4.04. The van der Waals surface area contributed by atoms with Crippen molar-refractivity contribution >= 4 is 0 Å². The van der Waals surface area contributed by atoms with E-state index in [2.05, 4.69) is 52.1 Å². The Morgan fingerprint density at radius 1 is 1.00 bits per heavy atom. The Labute approximate surface area is 99.3 Å². The van der Waals surface area contributed by atoms with Crippen molar-refractivity contribution in [3.63, 3.8) is 0 Å². The third-order valence-electron chi connectivity index (χ3n) is 4.04. The predicted molar refractivity (Wildman–Crippen MR) is 70.1 cm³/mol. The first-order valence-electron chi connectivity index (χ1n) is 6.33. The zero-order valence-electron chi connectivity index (χ0n) is 11.1. The molecule has 1 fully saturated rings. The van der Waals surface area contributed by atoms with Gasteiger partial charge in [-0.3, -0.25) is 0 Å². The SMILES string of the molecule is Cc1cc(C)c(C2CC(C)NC2C)cc1C. The lowest BCUT2D eigenvalue weighted by Crippen LogP contribution is -2.26. The molecule has 0 amide bonds. The third kappa shape index (κ3) is 2.01. The Kier molecular flexibility index (Phi) is 3.07. The van der Waals surface area contributed by atoms with E-state index in [1.54, 1.807) is 5.56 Å². The molecule has 1 nitrogen and oxygen atoms in total. The van der Waals surface area contributed by atoms with Gasteiger partial charge in [-0.15, -0.1) is 0 Å². The molecule has 16 heavy (non-hydrogen) atoms. The van der Waals surface area contributed by atoms with E-state index in [9.17, 15) is 0 Å². The lowest BCUT2D eigenvalue weighted by molar-refractivity contribution is 0.573. The number of hydrogen-bond donors (Lipinski definition) is 1. The van der Waals surface area contributed by atoms with Gasteiger partial charge in [0.05, 0.1) is 0 Å². The summed E-state index contributed by atoms with van der Waals surface area (Å²) in [4.78, 5) is 0. The van der Waals surface area contributed by atoms with Crippen LogP contribution in [0.25, 0.3) is 0 Å². The van der Waals surface area contributed by atoms with Crippen LogP contribution >= 0.6 is 0 Å². The molecule has 1 saturated heterocycles. The number of nitrogens with one attached hydrogen (secondary N) is 1. The maximum absolute atomic E-state index is 3.63. The first-order valence-corrected chi connectivity index (χ1v) is 6.33. The quantitative estimate of drug-likeness (QED) is 0.759. The van der Waals surface area contributed by atoms with Gasteiger partial charge in [0.15, 0.2) is 0 Å². The zero-order chi connectivity index (χ0) is 11.9. The maximum atomic E-state index is 3.63. The molecule has 1 N–H and O–H groups in total. The summed E-state index contributed by atoms with van der Waals surface area (Å²) in [5.41, 5.74) is 5.84. The van der Waals surface area contributed by atoms with Crippen LogP contribution in [-0.4, -0.2) is 12.1 Å². The second-order valence-corrected chi connectivity index (χ2v) is 5.49. The zero-order valence-corrected chi connectivity index (χ0v) is 11.1. The molecular formula is C15H23N. The molecule has 1 aromatic rings. The molecule has 1 aliphatic rings. The van der Waals surface area contributed by atoms with E-state index < -0.39 is 0 Å². The standard InChI is InChI=1S/C15H23N/c1-9-6-11(3)14(7-10(9)2)15-8-12(4)16-13(15)5/h6-7,12-13,15-16H,8H2,1-5H3. The molecule has 0 aliphatic carbocycles. The van der Waals surface area contributed by atoms with Crippen LogP contribution in [0.4, 0.5) is 0 Å². The van der Waals surface area contributed by atoms with Crippen LogP contribution < -0.4 is 5.32 Å². The Balaban J connectivity index is 2.37. The molecule has 1 aliphatic heterocycles. The molecule has 0 spiro atoms. The van der Waals surface area contributed by atoms with Crippen molar-refractivity contribution in [1.82, 2.24) is 5.32 Å². The van der Waals surface area contributed by atoms with Gasteiger partial charge in [0.1, 0.15) is 0 Å². The van der Waals surface area contributed by atoms with E-state index >= 15 is 0 Å². The van der Waals surface area contributed by atoms with Gasteiger partial charge in [-0.1, -0.05) is 12.1 Å². The summed E-state index contributed by atoms with van der Waals surface area (Å²) in [6.45, 7) is 11.3. The molecular weight excluding hydrogens is 194 g/mol. The largest absolute Gasteiger partial charge is 0.311 e. The molecule has 3 unspecified atom stereocenters. The van der Waals surface area contributed by atoms with E-state index in [1.807, 2.05) is 0 Å². The normalized spacial score (nSPS) is 29.7. The van der Waals surface area contributed by atoms with Gasteiger partial charge in [0.25, 0.3) is 0 Å². The van der Waals surface area contributed by atoms with Crippen molar-refractivity contribution in [2.45, 2.75) is 59.0 Å².